The molecule has 29 heavy (non-hydrogen) atoms. The average molecular weight is 516 g/mol. The minimum atomic E-state index is 0. The van der Waals surface area contributed by atoms with Crippen LogP contribution in [0.3, 0.4) is 0 Å². The number of hydrogen-bond donors (Lipinski definition) is 2. The van der Waals surface area contributed by atoms with E-state index in [4.69, 9.17) is 9.47 Å². The standard InChI is InChI=1S/C20H32N6O2.HI/c1-4-27-14-8-12-21-20(23-16-19-25-24-17(2)26(19)3)22-13-9-15-28-18-10-6-5-7-11-18;/h5-7,10-11H,4,8-9,12-16H2,1-3H3,(H2,21,22,23);1H. The molecule has 0 saturated heterocycles. The number of ether oxygens (including phenoxy) is 2. The maximum Gasteiger partial charge on any atom is 0.191 e. The van der Waals surface area contributed by atoms with Gasteiger partial charge < -0.3 is 24.7 Å². The van der Waals surface area contributed by atoms with Crippen molar-refractivity contribution in [2.45, 2.75) is 33.2 Å². The Morgan fingerprint density at radius 1 is 1.07 bits per heavy atom. The van der Waals surface area contributed by atoms with Crippen LogP contribution in [-0.2, 0) is 18.3 Å². The fourth-order valence-corrected chi connectivity index (χ4v) is 2.42. The summed E-state index contributed by atoms with van der Waals surface area (Å²) in [6.45, 7) is 8.10. The number of hydrogen-bond acceptors (Lipinski definition) is 5. The van der Waals surface area contributed by atoms with E-state index in [0.717, 1.165) is 62.5 Å². The van der Waals surface area contributed by atoms with E-state index >= 15 is 0 Å². The third-order valence-electron chi connectivity index (χ3n) is 4.15. The molecule has 8 nitrogen and oxygen atoms in total. The van der Waals surface area contributed by atoms with Crippen LogP contribution in [0.15, 0.2) is 35.3 Å². The van der Waals surface area contributed by atoms with Crippen LogP contribution < -0.4 is 15.4 Å². The molecule has 0 saturated carbocycles. The van der Waals surface area contributed by atoms with Crippen LogP contribution in [0.2, 0.25) is 0 Å². The fourth-order valence-electron chi connectivity index (χ4n) is 2.42. The molecule has 2 rings (SSSR count). The third-order valence-corrected chi connectivity index (χ3v) is 4.15. The quantitative estimate of drug-likeness (QED) is 0.195. The lowest BCUT2D eigenvalue weighted by Crippen LogP contribution is -2.39. The summed E-state index contributed by atoms with van der Waals surface area (Å²) in [6, 6.07) is 9.84. The number of benzene rings is 1. The Balaban J connectivity index is 0.00000420. The normalized spacial score (nSPS) is 11.1. The monoisotopic (exact) mass is 516 g/mol. The molecular formula is C20H33IN6O2. The lowest BCUT2D eigenvalue weighted by atomic mass is 10.3. The summed E-state index contributed by atoms with van der Waals surface area (Å²) in [6.07, 6.45) is 1.80. The van der Waals surface area contributed by atoms with E-state index in [1.165, 1.54) is 0 Å². The fraction of sp³-hybridized carbons (Fsp3) is 0.550. The van der Waals surface area contributed by atoms with Gasteiger partial charge in [-0.3, -0.25) is 0 Å². The van der Waals surface area contributed by atoms with E-state index in [0.29, 0.717) is 13.2 Å². The molecule has 0 fully saturated rings. The van der Waals surface area contributed by atoms with Crippen molar-refractivity contribution in [1.29, 1.82) is 0 Å². The molecule has 1 aromatic carbocycles. The van der Waals surface area contributed by atoms with Crippen molar-refractivity contribution < 1.29 is 9.47 Å². The molecule has 0 aliphatic carbocycles. The molecule has 162 valence electrons. The summed E-state index contributed by atoms with van der Waals surface area (Å²) in [7, 11) is 1.95. The summed E-state index contributed by atoms with van der Waals surface area (Å²) >= 11 is 0. The lowest BCUT2D eigenvalue weighted by Gasteiger charge is -2.13. The highest BCUT2D eigenvalue weighted by molar-refractivity contribution is 14.0. The highest BCUT2D eigenvalue weighted by Crippen LogP contribution is 2.08. The molecule has 0 unspecified atom stereocenters. The molecule has 1 aromatic heterocycles. The van der Waals surface area contributed by atoms with Gasteiger partial charge in [0.1, 0.15) is 18.1 Å². The number of guanidine groups is 1. The number of halogens is 1. The zero-order chi connectivity index (χ0) is 20.0. The zero-order valence-electron chi connectivity index (χ0n) is 17.6. The number of rotatable bonds is 12. The summed E-state index contributed by atoms with van der Waals surface area (Å²) in [5, 5.41) is 14.9. The van der Waals surface area contributed by atoms with Crippen molar-refractivity contribution in [2.75, 3.05) is 32.9 Å². The highest BCUT2D eigenvalue weighted by atomic mass is 127. The Bertz CT molecular complexity index is 708. The summed E-state index contributed by atoms with van der Waals surface area (Å²) in [5.41, 5.74) is 0. The second-order valence-corrected chi connectivity index (χ2v) is 6.31. The van der Waals surface area contributed by atoms with Gasteiger partial charge in [-0.1, -0.05) is 18.2 Å². The van der Waals surface area contributed by atoms with E-state index in [2.05, 4.69) is 25.8 Å². The van der Waals surface area contributed by atoms with Crippen LogP contribution in [-0.4, -0.2) is 53.6 Å². The van der Waals surface area contributed by atoms with Gasteiger partial charge in [0.25, 0.3) is 0 Å². The Morgan fingerprint density at radius 3 is 2.38 bits per heavy atom. The molecule has 9 heteroatoms. The van der Waals surface area contributed by atoms with Crippen molar-refractivity contribution in [1.82, 2.24) is 25.4 Å². The number of aromatic nitrogens is 3. The summed E-state index contributed by atoms with van der Waals surface area (Å²) in [5.74, 6) is 3.36. The van der Waals surface area contributed by atoms with Crippen molar-refractivity contribution in [3.63, 3.8) is 0 Å². The molecule has 2 aromatic rings. The molecule has 0 radical (unpaired) electrons. The smallest absolute Gasteiger partial charge is 0.191 e. The number of aliphatic imine (C=N–C) groups is 1. The average Bonchev–Trinajstić information content (AvgIpc) is 3.04. The lowest BCUT2D eigenvalue weighted by molar-refractivity contribution is 0.145. The zero-order valence-corrected chi connectivity index (χ0v) is 19.9. The summed E-state index contributed by atoms with van der Waals surface area (Å²) < 4.78 is 13.1. The van der Waals surface area contributed by atoms with Gasteiger partial charge in [-0.25, -0.2) is 4.99 Å². The van der Waals surface area contributed by atoms with E-state index in [9.17, 15) is 0 Å². The number of para-hydroxylation sites is 1. The Hall–Kier alpha value is -1.88. The maximum atomic E-state index is 5.72. The second kappa shape index (κ2) is 15.0. The minimum Gasteiger partial charge on any atom is -0.494 e. The number of nitrogens with one attached hydrogen (secondary N) is 2. The first-order valence-electron chi connectivity index (χ1n) is 9.83. The van der Waals surface area contributed by atoms with Gasteiger partial charge in [0.15, 0.2) is 11.8 Å². The second-order valence-electron chi connectivity index (χ2n) is 6.31. The third kappa shape index (κ3) is 9.93. The van der Waals surface area contributed by atoms with Gasteiger partial charge in [-0.2, -0.15) is 0 Å². The van der Waals surface area contributed by atoms with E-state index in [1.54, 1.807) is 0 Å². The van der Waals surface area contributed by atoms with Crippen LogP contribution in [0.4, 0.5) is 0 Å². The molecule has 0 aliphatic heterocycles. The van der Waals surface area contributed by atoms with Crippen LogP contribution in [0, 0.1) is 6.92 Å². The van der Waals surface area contributed by atoms with Gasteiger partial charge >= 0.3 is 0 Å². The van der Waals surface area contributed by atoms with E-state index in [1.807, 2.05) is 55.8 Å². The van der Waals surface area contributed by atoms with Crippen molar-refractivity contribution in [2.24, 2.45) is 12.0 Å². The summed E-state index contributed by atoms with van der Waals surface area (Å²) in [4.78, 5) is 4.63. The molecule has 0 amide bonds. The van der Waals surface area contributed by atoms with E-state index < -0.39 is 0 Å². The first-order chi connectivity index (χ1) is 13.7. The van der Waals surface area contributed by atoms with Gasteiger partial charge in [0, 0.05) is 33.4 Å². The van der Waals surface area contributed by atoms with Crippen LogP contribution in [0.5, 0.6) is 5.75 Å². The largest absolute Gasteiger partial charge is 0.494 e. The van der Waals surface area contributed by atoms with Crippen LogP contribution in [0.1, 0.15) is 31.4 Å². The van der Waals surface area contributed by atoms with E-state index in [-0.39, 0.29) is 24.0 Å². The minimum absolute atomic E-state index is 0. The van der Waals surface area contributed by atoms with Gasteiger partial charge in [0.2, 0.25) is 0 Å². The first kappa shape index (κ1) is 25.2. The molecule has 2 N–H and O–H groups in total. The number of aryl methyl sites for hydroxylation is 1. The number of nitrogens with zero attached hydrogens (tertiary/aromatic N) is 4. The molecule has 0 spiro atoms. The predicted octanol–water partition coefficient (Wildman–Crippen LogP) is 2.67. The Morgan fingerprint density at radius 2 is 1.76 bits per heavy atom. The van der Waals surface area contributed by atoms with Crippen molar-refractivity contribution in [3.8, 4) is 5.75 Å². The van der Waals surface area contributed by atoms with Crippen LogP contribution in [0.25, 0.3) is 0 Å². The van der Waals surface area contributed by atoms with Crippen molar-refractivity contribution in [3.05, 3.63) is 42.0 Å². The molecule has 0 bridgehead atoms. The van der Waals surface area contributed by atoms with Crippen molar-refractivity contribution >= 4 is 29.9 Å². The topological polar surface area (TPSA) is 85.6 Å². The predicted molar refractivity (Wildman–Crippen MR) is 126 cm³/mol. The highest BCUT2D eigenvalue weighted by Gasteiger charge is 2.05. The molecule has 0 aliphatic rings. The first-order valence-corrected chi connectivity index (χ1v) is 9.83. The van der Waals surface area contributed by atoms with Gasteiger partial charge in [-0.05, 0) is 38.8 Å². The SMILES string of the molecule is CCOCCCNC(=NCc1nnc(C)n1C)NCCCOc1ccccc1.I. The van der Waals surface area contributed by atoms with Crippen LogP contribution >= 0.6 is 24.0 Å². The van der Waals surface area contributed by atoms with Gasteiger partial charge in [-0.15, -0.1) is 34.2 Å². The molecule has 0 atom stereocenters. The molecular weight excluding hydrogens is 483 g/mol. The Kier molecular flexibility index (Phi) is 13.0. The maximum absolute atomic E-state index is 5.72. The Labute approximate surface area is 190 Å². The molecule has 1 heterocycles. The van der Waals surface area contributed by atoms with Gasteiger partial charge in [0.05, 0.1) is 6.61 Å².